The molecular weight excluding hydrogens is 120 g/mol. The average Bonchev–Trinajstić information content (AvgIpc) is 1.87. The molecule has 4 heteroatoms. The van der Waals surface area contributed by atoms with Crippen LogP contribution >= 0.6 is 0 Å². The van der Waals surface area contributed by atoms with Crippen molar-refractivity contribution >= 4 is 5.91 Å². The molecule has 54 valence electrons. The van der Waals surface area contributed by atoms with Crippen molar-refractivity contribution in [2.45, 2.75) is 13.3 Å². The van der Waals surface area contributed by atoms with E-state index in [9.17, 15) is 4.79 Å². The summed E-state index contributed by atoms with van der Waals surface area (Å²) in [6, 6.07) is 0. The summed E-state index contributed by atoms with van der Waals surface area (Å²) >= 11 is 0. The highest BCUT2D eigenvalue weighted by molar-refractivity contribution is 5.75. The van der Waals surface area contributed by atoms with Gasteiger partial charge in [0, 0.05) is 13.0 Å². The van der Waals surface area contributed by atoms with Gasteiger partial charge >= 0.3 is 0 Å². The number of carbonyl (C=O) groups excluding carboxylic acids is 1. The van der Waals surface area contributed by atoms with E-state index in [0.29, 0.717) is 0 Å². The van der Waals surface area contributed by atoms with Gasteiger partial charge in [0.15, 0.2) is 0 Å². The van der Waals surface area contributed by atoms with Crippen LogP contribution in [-0.2, 0) is 4.79 Å². The molecule has 0 radical (unpaired) electrons. The van der Waals surface area contributed by atoms with E-state index in [4.69, 9.17) is 10.9 Å². The van der Waals surface area contributed by atoms with Crippen LogP contribution in [0.4, 0.5) is 0 Å². The molecule has 0 aliphatic rings. The molecule has 0 saturated carbocycles. The van der Waals surface area contributed by atoms with Gasteiger partial charge in [0.25, 0.3) is 0 Å². The molecule has 1 unspecified atom stereocenters. The van der Waals surface area contributed by atoms with Crippen LogP contribution in [0.25, 0.3) is 0 Å². The van der Waals surface area contributed by atoms with Crippen molar-refractivity contribution in [2.75, 3.05) is 6.61 Å². The number of aliphatic hydroxyl groups is 1. The van der Waals surface area contributed by atoms with Crippen LogP contribution in [-0.4, -0.2) is 17.6 Å². The average molecular weight is 132 g/mol. The standard InChI is InChI=1S/C5H12N2O2/c1-4(3-8)2-5(9)7-6/h4,8H,2-3,6H2,1H3,(H,7,9). The van der Waals surface area contributed by atoms with E-state index in [1.165, 1.54) is 0 Å². The largest absolute Gasteiger partial charge is 0.396 e. The van der Waals surface area contributed by atoms with Crippen molar-refractivity contribution in [3.8, 4) is 0 Å². The Morgan fingerprint density at radius 1 is 1.89 bits per heavy atom. The lowest BCUT2D eigenvalue weighted by atomic mass is 10.1. The van der Waals surface area contributed by atoms with E-state index < -0.39 is 0 Å². The third kappa shape index (κ3) is 3.93. The first-order chi connectivity index (χ1) is 4.20. The molecule has 0 aromatic carbocycles. The molecular formula is C5H12N2O2. The fourth-order valence-electron chi connectivity index (χ4n) is 0.440. The van der Waals surface area contributed by atoms with E-state index in [1.54, 1.807) is 6.92 Å². The highest BCUT2D eigenvalue weighted by Gasteiger charge is 2.04. The first-order valence-corrected chi connectivity index (χ1v) is 2.81. The Labute approximate surface area is 54.0 Å². The highest BCUT2D eigenvalue weighted by atomic mass is 16.3. The lowest BCUT2D eigenvalue weighted by Crippen LogP contribution is -2.31. The Morgan fingerprint density at radius 3 is 2.78 bits per heavy atom. The second kappa shape index (κ2) is 4.29. The van der Waals surface area contributed by atoms with E-state index in [1.807, 2.05) is 5.43 Å². The summed E-state index contributed by atoms with van der Waals surface area (Å²) in [6.45, 7) is 1.79. The number of nitrogens with one attached hydrogen (secondary N) is 1. The molecule has 0 rings (SSSR count). The summed E-state index contributed by atoms with van der Waals surface area (Å²) in [7, 11) is 0. The third-order valence-corrected chi connectivity index (χ3v) is 1.01. The first kappa shape index (κ1) is 8.39. The van der Waals surface area contributed by atoms with Crippen LogP contribution < -0.4 is 11.3 Å². The second-order valence-corrected chi connectivity index (χ2v) is 2.06. The zero-order chi connectivity index (χ0) is 7.28. The molecule has 1 atom stereocenters. The van der Waals surface area contributed by atoms with E-state index in [-0.39, 0.29) is 24.9 Å². The Bertz CT molecular complexity index is 95.0. The number of hydrogen-bond acceptors (Lipinski definition) is 3. The zero-order valence-corrected chi connectivity index (χ0v) is 5.42. The molecule has 9 heavy (non-hydrogen) atoms. The molecule has 0 aliphatic heterocycles. The summed E-state index contributed by atoms with van der Waals surface area (Å²) in [5.74, 6) is 4.55. The fraction of sp³-hybridized carbons (Fsp3) is 0.800. The van der Waals surface area contributed by atoms with Gasteiger partial charge in [0.2, 0.25) is 5.91 Å². The zero-order valence-electron chi connectivity index (χ0n) is 5.42. The molecule has 0 fully saturated rings. The maximum atomic E-state index is 10.4. The quantitative estimate of drug-likeness (QED) is 0.262. The predicted molar refractivity (Wildman–Crippen MR) is 33.2 cm³/mol. The Hall–Kier alpha value is -0.610. The van der Waals surface area contributed by atoms with Gasteiger partial charge in [-0.25, -0.2) is 5.84 Å². The second-order valence-electron chi connectivity index (χ2n) is 2.06. The van der Waals surface area contributed by atoms with Crippen LogP contribution in [0.15, 0.2) is 0 Å². The van der Waals surface area contributed by atoms with Gasteiger partial charge in [0.1, 0.15) is 0 Å². The topological polar surface area (TPSA) is 75.3 Å². The molecule has 0 aromatic heterocycles. The Morgan fingerprint density at radius 2 is 2.44 bits per heavy atom. The normalized spacial score (nSPS) is 12.8. The van der Waals surface area contributed by atoms with Crippen LogP contribution in [0, 0.1) is 5.92 Å². The van der Waals surface area contributed by atoms with Gasteiger partial charge in [0.05, 0.1) is 0 Å². The van der Waals surface area contributed by atoms with Crippen molar-refractivity contribution in [2.24, 2.45) is 11.8 Å². The minimum Gasteiger partial charge on any atom is -0.396 e. The number of hydrogen-bond donors (Lipinski definition) is 3. The maximum Gasteiger partial charge on any atom is 0.234 e. The Balaban J connectivity index is 3.34. The minimum absolute atomic E-state index is 0.00597. The van der Waals surface area contributed by atoms with Gasteiger partial charge in [-0.1, -0.05) is 6.92 Å². The van der Waals surface area contributed by atoms with Crippen molar-refractivity contribution in [1.82, 2.24) is 5.43 Å². The summed E-state index contributed by atoms with van der Waals surface area (Å²) in [6.07, 6.45) is 0.285. The first-order valence-electron chi connectivity index (χ1n) is 2.81. The molecule has 0 heterocycles. The lowest BCUT2D eigenvalue weighted by molar-refractivity contribution is -0.122. The molecule has 0 aromatic rings. The molecule has 0 aliphatic carbocycles. The van der Waals surface area contributed by atoms with Crippen molar-refractivity contribution in [1.29, 1.82) is 0 Å². The number of carbonyl (C=O) groups is 1. The number of aliphatic hydroxyl groups excluding tert-OH is 1. The fourth-order valence-corrected chi connectivity index (χ4v) is 0.440. The van der Waals surface area contributed by atoms with Gasteiger partial charge in [-0.05, 0) is 5.92 Å². The van der Waals surface area contributed by atoms with E-state index >= 15 is 0 Å². The number of nitrogens with two attached hydrogens (primary N) is 1. The van der Waals surface area contributed by atoms with Gasteiger partial charge in [-0.3, -0.25) is 10.2 Å². The van der Waals surface area contributed by atoms with Crippen LogP contribution in [0.3, 0.4) is 0 Å². The van der Waals surface area contributed by atoms with Gasteiger partial charge in [-0.15, -0.1) is 0 Å². The summed E-state index contributed by atoms with van der Waals surface area (Å²) in [5.41, 5.74) is 1.98. The van der Waals surface area contributed by atoms with Crippen LogP contribution in [0.5, 0.6) is 0 Å². The van der Waals surface area contributed by atoms with Crippen LogP contribution in [0.1, 0.15) is 13.3 Å². The lowest BCUT2D eigenvalue weighted by Gasteiger charge is -2.04. The monoisotopic (exact) mass is 132 g/mol. The SMILES string of the molecule is CC(CO)CC(=O)NN. The highest BCUT2D eigenvalue weighted by Crippen LogP contribution is 1.97. The predicted octanol–water partition coefficient (Wildman–Crippen LogP) is -1.01. The van der Waals surface area contributed by atoms with Crippen molar-refractivity contribution < 1.29 is 9.90 Å². The number of amides is 1. The van der Waals surface area contributed by atoms with Gasteiger partial charge in [-0.2, -0.15) is 0 Å². The molecule has 0 spiro atoms. The minimum atomic E-state index is -0.239. The molecule has 0 bridgehead atoms. The van der Waals surface area contributed by atoms with E-state index in [2.05, 4.69) is 0 Å². The maximum absolute atomic E-state index is 10.4. The van der Waals surface area contributed by atoms with E-state index in [0.717, 1.165) is 0 Å². The number of rotatable bonds is 3. The van der Waals surface area contributed by atoms with Crippen LogP contribution in [0.2, 0.25) is 0 Å². The molecule has 4 nitrogen and oxygen atoms in total. The number of hydrazine groups is 1. The molecule has 4 N–H and O–H groups in total. The molecule has 0 saturated heterocycles. The smallest absolute Gasteiger partial charge is 0.234 e. The molecule has 1 amide bonds. The summed E-state index contributed by atoms with van der Waals surface area (Å²) in [5, 5.41) is 8.46. The summed E-state index contributed by atoms with van der Waals surface area (Å²) in [4.78, 5) is 10.4. The van der Waals surface area contributed by atoms with Crippen molar-refractivity contribution in [3.63, 3.8) is 0 Å². The van der Waals surface area contributed by atoms with Gasteiger partial charge < -0.3 is 5.11 Å². The Kier molecular flexibility index (Phi) is 4.00. The van der Waals surface area contributed by atoms with Crippen molar-refractivity contribution in [3.05, 3.63) is 0 Å². The third-order valence-electron chi connectivity index (χ3n) is 1.01. The summed E-state index contributed by atoms with van der Waals surface area (Å²) < 4.78 is 0.